The number of rotatable bonds is 3. The summed E-state index contributed by atoms with van der Waals surface area (Å²) in [6.45, 7) is 0. The van der Waals surface area contributed by atoms with Crippen molar-refractivity contribution < 1.29 is 9.84 Å². The van der Waals surface area contributed by atoms with Crippen molar-refractivity contribution in [1.82, 2.24) is 0 Å². The molecular weight excluding hydrogens is 328 g/mol. The van der Waals surface area contributed by atoms with Gasteiger partial charge in [-0.15, -0.1) is 0 Å². The molecule has 0 saturated carbocycles. The third-order valence-electron chi connectivity index (χ3n) is 4.29. The summed E-state index contributed by atoms with van der Waals surface area (Å²) in [4.78, 5) is 0. The highest BCUT2D eigenvalue weighted by atomic mass is 79.9. The monoisotopic (exact) mass is 346 g/mol. The number of halogens is 1. The SMILES string of the molecule is COc1ccc(Br)c(CC2(O)CCCc3ccccc32)c1. The lowest BCUT2D eigenvalue weighted by Gasteiger charge is -2.35. The number of aryl methyl sites for hydroxylation is 1. The number of benzene rings is 2. The Morgan fingerprint density at radius 3 is 2.86 bits per heavy atom. The van der Waals surface area contributed by atoms with Crippen LogP contribution in [0.1, 0.15) is 29.5 Å². The van der Waals surface area contributed by atoms with Gasteiger partial charge >= 0.3 is 0 Å². The molecule has 0 heterocycles. The molecule has 0 fully saturated rings. The van der Waals surface area contributed by atoms with Crippen molar-refractivity contribution in [2.45, 2.75) is 31.3 Å². The standard InChI is InChI=1S/C18H19BrO2/c1-21-15-8-9-17(19)14(11-15)12-18(20)10-4-6-13-5-2-3-7-16(13)18/h2-3,5,7-9,11,20H,4,6,10,12H2,1H3. The molecule has 2 aromatic rings. The molecular formula is C18H19BrO2. The van der Waals surface area contributed by atoms with Gasteiger partial charge in [0.15, 0.2) is 0 Å². The first-order valence-corrected chi connectivity index (χ1v) is 8.05. The summed E-state index contributed by atoms with van der Waals surface area (Å²) in [6.07, 6.45) is 3.47. The van der Waals surface area contributed by atoms with Crippen molar-refractivity contribution in [2.24, 2.45) is 0 Å². The van der Waals surface area contributed by atoms with Gasteiger partial charge in [0.05, 0.1) is 12.7 Å². The van der Waals surface area contributed by atoms with Crippen LogP contribution in [0.4, 0.5) is 0 Å². The molecule has 1 N–H and O–H groups in total. The maximum atomic E-state index is 11.2. The van der Waals surface area contributed by atoms with Crippen LogP contribution in [0.25, 0.3) is 0 Å². The first kappa shape index (κ1) is 14.6. The lowest BCUT2D eigenvalue weighted by Crippen LogP contribution is -2.33. The summed E-state index contributed by atoms with van der Waals surface area (Å²) >= 11 is 3.58. The summed E-state index contributed by atoms with van der Waals surface area (Å²) in [5, 5.41) is 11.2. The Balaban J connectivity index is 1.98. The number of ether oxygens (including phenoxy) is 1. The van der Waals surface area contributed by atoms with Crippen LogP contribution >= 0.6 is 15.9 Å². The molecule has 1 unspecified atom stereocenters. The van der Waals surface area contributed by atoms with Crippen LogP contribution in [0.5, 0.6) is 5.75 Å². The molecule has 0 aromatic heterocycles. The molecule has 0 amide bonds. The first-order valence-electron chi connectivity index (χ1n) is 7.25. The molecule has 1 aliphatic carbocycles. The molecule has 1 aliphatic rings. The van der Waals surface area contributed by atoms with Crippen LogP contribution in [0.15, 0.2) is 46.9 Å². The van der Waals surface area contributed by atoms with E-state index in [-0.39, 0.29) is 0 Å². The molecule has 21 heavy (non-hydrogen) atoms. The van der Waals surface area contributed by atoms with E-state index in [9.17, 15) is 5.11 Å². The van der Waals surface area contributed by atoms with E-state index in [2.05, 4.69) is 28.1 Å². The van der Waals surface area contributed by atoms with Crippen LogP contribution < -0.4 is 4.74 Å². The van der Waals surface area contributed by atoms with E-state index < -0.39 is 5.60 Å². The zero-order chi connectivity index (χ0) is 14.9. The number of fused-ring (bicyclic) bond motifs is 1. The van der Waals surface area contributed by atoms with Crippen LogP contribution in [0, 0.1) is 0 Å². The number of hydrogen-bond acceptors (Lipinski definition) is 2. The molecule has 1 atom stereocenters. The predicted molar refractivity (Wildman–Crippen MR) is 87.7 cm³/mol. The largest absolute Gasteiger partial charge is 0.497 e. The summed E-state index contributed by atoms with van der Waals surface area (Å²) in [5.74, 6) is 0.820. The minimum atomic E-state index is -0.788. The molecule has 2 aromatic carbocycles. The van der Waals surface area contributed by atoms with Gasteiger partial charge in [0.25, 0.3) is 0 Å². The minimum Gasteiger partial charge on any atom is -0.497 e. The minimum absolute atomic E-state index is 0.599. The van der Waals surface area contributed by atoms with Crippen LogP contribution in [0.2, 0.25) is 0 Å². The van der Waals surface area contributed by atoms with Gasteiger partial charge in [0.2, 0.25) is 0 Å². The highest BCUT2D eigenvalue weighted by Gasteiger charge is 2.34. The quantitative estimate of drug-likeness (QED) is 0.901. The van der Waals surface area contributed by atoms with Crippen molar-refractivity contribution in [3.63, 3.8) is 0 Å². The van der Waals surface area contributed by atoms with Gasteiger partial charge in [-0.1, -0.05) is 40.2 Å². The van der Waals surface area contributed by atoms with Gasteiger partial charge in [-0.05, 0) is 54.2 Å². The molecule has 0 aliphatic heterocycles. The molecule has 0 bridgehead atoms. The van der Waals surface area contributed by atoms with E-state index in [0.717, 1.165) is 40.6 Å². The topological polar surface area (TPSA) is 29.5 Å². The fraction of sp³-hybridized carbons (Fsp3) is 0.333. The highest BCUT2D eigenvalue weighted by Crippen LogP contribution is 2.39. The van der Waals surface area contributed by atoms with Crippen molar-refractivity contribution in [2.75, 3.05) is 7.11 Å². The second-order valence-corrected chi connectivity index (χ2v) is 6.53. The Morgan fingerprint density at radius 2 is 2.05 bits per heavy atom. The van der Waals surface area contributed by atoms with Gasteiger partial charge < -0.3 is 9.84 Å². The summed E-state index contributed by atoms with van der Waals surface area (Å²) in [7, 11) is 1.66. The van der Waals surface area contributed by atoms with Crippen molar-refractivity contribution in [3.05, 3.63) is 63.6 Å². The first-order chi connectivity index (χ1) is 10.1. The highest BCUT2D eigenvalue weighted by molar-refractivity contribution is 9.10. The second kappa shape index (κ2) is 5.82. The Kier molecular flexibility index (Phi) is 4.05. The van der Waals surface area contributed by atoms with E-state index in [0.29, 0.717) is 6.42 Å². The van der Waals surface area contributed by atoms with Gasteiger partial charge in [-0.25, -0.2) is 0 Å². The van der Waals surface area contributed by atoms with E-state index in [1.54, 1.807) is 7.11 Å². The molecule has 0 spiro atoms. The number of methoxy groups -OCH3 is 1. The fourth-order valence-corrected chi connectivity index (χ4v) is 3.60. The average Bonchev–Trinajstić information content (AvgIpc) is 2.50. The van der Waals surface area contributed by atoms with E-state index >= 15 is 0 Å². The van der Waals surface area contributed by atoms with Gasteiger partial charge in [0.1, 0.15) is 5.75 Å². The van der Waals surface area contributed by atoms with Crippen molar-refractivity contribution >= 4 is 15.9 Å². The average molecular weight is 347 g/mol. The summed E-state index contributed by atoms with van der Waals surface area (Å²) in [6, 6.07) is 14.1. The Bertz CT molecular complexity index is 653. The van der Waals surface area contributed by atoms with Crippen LogP contribution in [-0.4, -0.2) is 12.2 Å². The van der Waals surface area contributed by atoms with Gasteiger partial charge in [0, 0.05) is 10.9 Å². The zero-order valence-electron chi connectivity index (χ0n) is 12.1. The van der Waals surface area contributed by atoms with Crippen LogP contribution in [0.3, 0.4) is 0 Å². The molecule has 110 valence electrons. The smallest absolute Gasteiger partial charge is 0.119 e. The molecule has 0 radical (unpaired) electrons. The van der Waals surface area contributed by atoms with Crippen LogP contribution in [-0.2, 0) is 18.4 Å². The van der Waals surface area contributed by atoms with E-state index in [1.807, 2.05) is 30.3 Å². The molecule has 3 heteroatoms. The lowest BCUT2D eigenvalue weighted by molar-refractivity contribution is 0.0188. The zero-order valence-corrected chi connectivity index (χ0v) is 13.7. The van der Waals surface area contributed by atoms with E-state index in [1.165, 1.54) is 5.56 Å². The lowest BCUT2D eigenvalue weighted by atomic mass is 9.76. The Hall–Kier alpha value is -1.32. The van der Waals surface area contributed by atoms with Crippen molar-refractivity contribution in [1.29, 1.82) is 0 Å². The summed E-state index contributed by atoms with van der Waals surface area (Å²) < 4.78 is 6.31. The van der Waals surface area contributed by atoms with Crippen molar-refractivity contribution in [3.8, 4) is 5.75 Å². The van der Waals surface area contributed by atoms with E-state index in [4.69, 9.17) is 4.74 Å². The van der Waals surface area contributed by atoms with Gasteiger partial charge in [-0.2, -0.15) is 0 Å². The summed E-state index contributed by atoms with van der Waals surface area (Å²) in [5.41, 5.74) is 2.63. The maximum absolute atomic E-state index is 11.2. The molecule has 3 rings (SSSR count). The maximum Gasteiger partial charge on any atom is 0.119 e. The van der Waals surface area contributed by atoms with Gasteiger partial charge in [-0.3, -0.25) is 0 Å². The third kappa shape index (κ3) is 2.85. The Morgan fingerprint density at radius 1 is 1.24 bits per heavy atom. The normalized spacial score (nSPS) is 20.9. The number of hydrogen-bond donors (Lipinski definition) is 1. The predicted octanol–water partition coefficient (Wildman–Crippen LogP) is 4.22. The molecule has 2 nitrogen and oxygen atoms in total. The fourth-order valence-electron chi connectivity index (χ4n) is 3.21. The third-order valence-corrected chi connectivity index (χ3v) is 5.06. The second-order valence-electron chi connectivity index (χ2n) is 5.68. The molecule has 0 saturated heterocycles. The Labute approximate surface area is 133 Å². The number of aliphatic hydroxyl groups is 1.